The third kappa shape index (κ3) is 3.08. The number of anilines is 1. The van der Waals surface area contributed by atoms with Gasteiger partial charge < -0.3 is 9.88 Å². The Kier molecular flexibility index (Phi) is 4.28. The molecule has 5 aliphatic rings. The number of nitrogens with zero attached hydrogens (tertiary/aromatic N) is 3. The second kappa shape index (κ2) is 6.81. The van der Waals surface area contributed by atoms with Gasteiger partial charge in [-0.2, -0.15) is 0 Å². The highest BCUT2D eigenvalue weighted by Crippen LogP contribution is 2.64. The summed E-state index contributed by atoms with van der Waals surface area (Å²) in [4.78, 5) is 13.2. The van der Waals surface area contributed by atoms with Crippen molar-refractivity contribution in [2.75, 3.05) is 5.32 Å². The lowest BCUT2D eigenvalue weighted by Crippen LogP contribution is -2.57. The van der Waals surface area contributed by atoms with Crippen LogP contribution in [0.15, 0.2) is 24.3 Å². The fourth-order valence-corrected chi connectivity index (χ4v) is 7.77. The van der Waals surface area contributed by atoms with Crippen LogP contribution >= 0.6 is 11.6 Å². The quantitative estimate of drug-likeness (QED) is 0.690. The van der Waals surface area contributed by atoms with Crippen LogP contribution in [0.25, 0.3) is 11.4 Å². The molecule has 0 radical (unpaired) electrons. The molecule has 1 amide bonds. The van der Waals surface area contributed by atoms with Gasteiger partial charge in [0.1, 0.15) is 5.82 Å². The second-order valence-electron chi connectivity index (χ2n) is 10.3. The van der Waals surface area contributed by atoms with Gasteiger partial charge in [0.2, 0.25) is 5.91 Å². The first kappa shape index (κ1) is 18.9. The molecular formula is C24H29ClN4O. The summed E-state index contributed by atoms with van der Waals surface area (Å²) in [6.07, 6.45) is 10.9. The van der Waals surface area contributed by atoms with Gasteiger partial charge in [0, 0.05) is 29.1 Å². The number of nitrogens with one attached hydrogen (secondary N) is 1. The number of alkyl halides is 1. The number of amides is 1. The SMILES string of the molecule is O=C(Nc1ccc(-c2nnc3n2CCCCC3)cc1)C12C[C@@H]3C[C@@H](CC(Cl)(C3)C1)C2. The van der Waals surface area contributed by atoms with Gasteiger partial charge in [0.25, 0.3) is 0 Å². The Bertz CT molecular complexity index is 968. The van der Waals surface area contributed by atoms with Crippen molar-refractivity contribution in [2.24, 2.45) is 17.3 Å². The van der Waals surface area contributed by atoms with Crippen LogP contribution in [0.4, 0.5) is 5.69 Å². The van der Waals surface area contributed by atoms with Crippen LogP contribution in [0.2, 0.25) is 0 Å². The Morgan fingerprint density at radius 3 is 2.53 bits per heavy atom. The smallest absolute Gasteiger partial charge is 0.230 e. The Labute approximate surface area is 182 Å². The van der Waals surface area contributed by atoms with Crippen molar-refractivity contribution in [2.45, 2.75) is 75.6 Å². The van der Waals surface area contributed by atoms with Crippen molar-refractivity contribution < 1.29 is 4.79 Å². The zero-order valence-electron chi connectivity index (χ0n) is 17.4. The molecule has 4 fully saturated rings. The lowest BCUT2D eigenvalue weighted by Gasteiger charge is -2.59. The van der Waals surface area contributed by atoms with Crippen LogP contribution in [-0.4, -0.2) is 25.5 Å². The first-order chi connectivity index (χ1) is 14.5. The van der Waals surface area contributed by atoms with E-state index in [2.05, 4.69) is 32.2 Å². The van der Waals surface area contributed by atoms with Crippen LogP contribution in [-0.2, 0) is 17.8 Å². The fourth-order valence-electron chi connectivity index (χ4n) is 7.08. The molecule has 2 unspecified atom stereocenters. The van der Waals surface area contributed by atoms with E-state index in [1.807, 2.05) is 12.1 Å². The average molecular weight is 425 g/mol. The normalized spacial score (nSPS) is 34.4. The molecular weight excluding hydrogens is 396 g/mol. The summed E-state index contributed by atoms with van der Waals surface area (Å²) in [5, 5.41) is 12.1. The number of fused-ring (bicyclic) bond motifs is 1. The average Bonchev–Trinajstić information content (AvgIpc) is 2.95. The van der Waals surface area contributed by atoms with Gasteiger partial charge in [-0.25, -0.2) is 0 Å². The molecule has 4 aliphatic carbocycles. The topological polar surface area (TPSA) is 59.8 Å². The van der Waals surface area contributed by atoms with Gasteiger partial charge in [-0.15, -0.1) is 21.8 Å². The Hall–Kier alpha value is -1.88. The molecule has 0 saturated heterocycles. The zero-order chi connectivity index (χ0) is 20.3. The molecule has 7 rings (SSSR count). The molecule has 5 nitrogen and oxygen atoms in total. The molecule has 4 atom stereocenters. The molecule has 1 N–H and O–H groups in total. The lowest BCUT2D eigenvalue weighted by molar-refractivity contribution is -0.138. The summed E-state index contributed by atoms with van der Waals surface area (Å²) in [5.41, 5.74) is 1.65. The molecule has 1 aromatic heterocycles. The number of benzene rings is 1. The van der Waals surface area contributed by atoms with E-state index in [1.165, 1.54) is 25.7 Å². The minimum Gasteiger partial charge on any atom is -0.326 e. The summed E-state index contributed by atoms with van der Waals surface area (Å²) in [5.74, 6) is 3.46. The highest BCUT2D eigenvalue weighted by atomic mass is 35.5. The third-order valence-corrected chi connectivity index (χ3v) is 8.42. The van der Waals surface area contributed by atoms with E-state index in [1.54, 1.807) is 0 Å². The largest absolute Gasteiger partial charge is 0.326 e. The number of aromatic nitrogens is 3. The van der Waals surface area contributed by atoms with Crippen molar-refractivity contribution in [1.29, 1.82) is 0 Å². The Morgan fingerprint density at radius 2 is 1.80 bits per heavy atom. The molecule has 1 aromatic carbocycles. The molecule has 2 aromatic rings. The van der Waals surface area contributed by atoms with E-state index >= 15 is 0 Å². The molecule has 6 heteroatoms. The van der Waals surface area contributed by atoms with Gasteiger partial charge in [0.15, 0.2) is 5.82 Å². The van der Waals surface area contributed by atoms with Gasteiger partial charge >= 0.3 is 0 Å². The summed E-state index contributed by atoms with van der Waals surface area (Å²) in [6.45, 7) is 0.987. The van der Waals surface area contributed by atoms with Crippen molar-refractivity contribution in [3.05, 3.63) is 30.1 Å². The standard InChI is InChI=1S/C24H29ClN4O/c25-24-13-16-10-17(14-24)12-23(11-16,15-24)22(30)26-19-7-5-18(6-8-19)21-28-27-20-4-2-1-3-9-29(20)21/h5-8,16-17H,1-4,9-15H2,(H,26,30)/t16-,17+,23?,24?. The van der Waals surface area contributed by atoms with E-state index in [4.69, 9.17) is 11.6 Å². The van der Waals surface area contributed by atoms with Crippen LogP contribution < -0.4 is 5.32 Å². The second-order valence-corrected chi connectivity index (χ2v) is 11.1. The predicted molar refractivity (Wildman–Crippen MR) is 117 cm³/mol. The summed E-state index contributed by atoms with van der Waals surface area (Å²) in [6, 6.07) is 8.12. The Balaban J connectivity index is 1.21. The predicted octanol–water partition coefficient (Wildman–Crippen LogP) is 5.19. The fraction of sp³-hybridized carbons (Fsp3) is 0.625. The number of aryl methyl sites for hydroxylation is 1. The lowest BCUT2D eigenvalue weighted by atomic mass is 9.49. The van der Waals surface area contributed by atoms with Crippen molar-refractivity contribution in [3.8, 4) is 11.4 Å². The number of rotatable bonds is 3. The van der Waals surface area contributed by atoms with E-state index in [-0.39, 0.29) is 16.2 Å². The van der Waals surface area contributed by atoms with Gasteiger partial charge in [-0.05, 0) is 87.5 Å². The number of halogens is 1. The maximum atomic E-state index is 13.4. The molecule has 0 spiro atoms. The van der Waals surface area contributed by atoms with E-state index in [0.29, 0.717) is 11.8 Å². The molecule has 30 heavy (non-hydrogen) atoms. The third-order valence-electron chi connectivity index (χ3n) is 7.98. The van der Waals surface area contributed by atoms with E-state index in [9.17, 15) is 4.79 Å². The number of carbonyl (C=O) groups excluding carboxylic acids is 1. The monoisotopic (exact) mass is 424 g/mol. The van der Waals surface area contributed by atoms with Crippen LogP contribution in [0.5, 0.6) is 0 Å². The van der Waals surface area contributed by atoms with Gasteiger partial charge in [-0.1, -0.05) is 6.42 Å². The van der Waals surface area contributed by atoms with Crippen LogP contribution in [0.3, 0.4) is 0 Å². The van der Waals surface area contributed by atoms with Crippen molar-refractivity contribution in [3.63, 3.8) is 0 Å². The highest BCUT2D eigenvalue weighted by molar-refractivity contribution is 6.24. The summed E-state index contributed by atoms with van der Waals surface area (Å²) in [7, 11) is 0. The molecule has 2 heterocycles. The first-order valence-corrected chi connectivity index (χ1v) is 11.9. The van der Waals surface area contributed by atoms with E-state index < -0.39 is 0 Å². The first-order valence-electron chi connectivity index (χ1n) is 11.5. The van der Waals surface area contributed by atoms with E-state index in [0.717, 1.165) is 68.0 Å². The minimum absolute atomic E-state index is 0.142. The van der Waals surface area contributed by atoms with Crippen LogP contribution in [0, 0.1) is 17.3 Å². The van der Waals surface area contributed by atoms with Gasteiger partial charge in [0.05, 0.1) is 5.41 Å². The maximum absolute atomic E-state index is 13.4. The zero-order valence-corrected chi connectivity index (χ0v) is 18.1. The maximum Gasteiger partial charge on any atom is 0.230 e. The Morgan fingerprint density at radius 1 is 1.03 bits per heavy atom. The minimum atomic E-state index is -0.269. The number of hydrogen-bond donors (Lipinski definition) is 1. The van der Waals surface area contributed by atoms with Gasteiger partial charge in [-0.3, -0.25) is 4.79 Å². The van der Waals surface area contributed by atoms with Crippen LogP contribution in [0.1, 0.15) is 63.6 Å². The summed E-state index contributed by atoms with van der Waals surface area (Å²) < 4.78 is 2.26. The summed E-state index contributed by atoms with van der Waals surface area (Å²) >= 11 is 6.92. The number of carbonyl (C=O) groups is 1. The molecule has 4 bridgehead atoms. The molecule has 1 aliphatic heterocycles. The molecule has 158 valence electrons. The highest BCUT2D eigenvalue weighted by Gasteiger charge is 2.60. The van der Waals surface area contributed by atoms with Crippen molar-refractivity contribution >= 4 is 23.2 Å². The van der Waals surface area contributed by atoms with Crippen molar-refractivity contribution in [1.82, 2.24) is 14.8 Å². The number of hydrogen-bond acceptors (Lipinski definition) is 3. The molecule has 4 saturated carbocycles.